The molecular formula is C8H8N4O. The van der Waals surface area contributed by atoms with E-state index in [1.54, 1.807) is 18.6 Å². The second-order valence-electron chi connectivity index (χ2n) is 2.56. The zero-order chi connectivity index (χ0) is 9.10. The molecule has 1 aliphatic rings. The predicted octanol–water partition coefficient (Wildman–Crippen LogP) is 0.0770. The van der Waals surface area contributed by atoms with Crippen LogP contribution in [0.5, 0.6) is 0 Å². The van der Waals surface area contributed by atoms with Crippen LogP contribution in [-0.4, -0.2) is 17.7 Å². The van der Waals surface area contributed by atoms with Crippen LogP contribution in [0.3, 0.4) is 0 Å². The number of hydrogen-bond acceptors (Lipinski definition) is 4. The maximum atomic E-state index is 10.9. The van der Waals surface area contributed by atoms with Gasteiger partial charge in [0.1, 0.15) is 0 Å². The summed E-state index contributed by atoms with van der Waals surface area (Å²) in [6.07, 6.45) is 9.44. The molecule has 1 aliphatic heterocycles. The van der Waals surface area contributed by atoms with Gasteiger partial charge in [-0.3, -0.25) is 4.99 Å². The van der Waals surface area contributed by atoms with E-state index in [1.807, 2.05) is 4.90 Å². The van der Waals surface area contributed by atoms with Crippen molar-refractivity contribution in [2.24, 2.45) is 4.99 Å². The van der Waals surface area contributed by atoms with Crippen LogP contribution in [0.1, 0.15) is 0 Å². The first-order chi connectivity index (χ1) is 6.36. The molecule has 0 amide bonds. The minimum absolute atomic E-state index is 0.625. The first-order valence-electron chi connectivity index (χ1n) is 3.86. The Morgan fingerprint density at radius 2 is 2.46 bits per heavy atom. The van der Waals surface area contributed by atoms with E-state index in [0.717, 1.165) is 4.73 Å². The Labute approximate surface area is 75.2 Å². The van der Waals surface area contributed by atoms with Gasteiger partial charge in [-0.25, -0.2) is 4.98 Å². The summed E-state index contributed by atoms with van der Waals surface area (Å²) in [5.41, 5.74) is 0. The lowest BCUT2D eigenvalue weighted by Crippen LogP contribution is -2.29. The summed E-state index contributed by atoms with van der Waals surface area (Å²) in [5.74, 6) is 0.625. The number of rotatable bonds is 1. The summed E-state index contributed by atoms with van der Waals surface area (Å²) in [7, 11) is 0. The molecule has 0 saturated carbocycles. The summed E-state index contributed by atoms with van der Waals surface area (Å²) >= 11 is 0. The van der Waals surface area contributed by atoms with Gasteiger partial charge < -0.3 is 10.1 Å². The van der Waals surface area contributed by atoms with Crippen molar-refractivity contribution in [2.45, 2.75) is 0 Å². The van der Waals surface area contributed by atoms with Gasteiger partial charge in [-0.05, 0) is 0 Å². The van der Waals surface area contributed by atoms with Gasteiger partial charge in [0.05, 0.1) is 12.7 Å². The van der Waals surface area contributed by atoms with Crippen LogP contribution >= 0.6 is 0 Å². The normalized spacial score (nSPS) is 14.9. The van der Waals surface area contributed by atoms with Crippen molar-refractivity contribution in [2.75, 3.05) is 11.4 Å². The molecule has 1 aromatic heterocycles. The van der Waals surface area contributed by atoms with Crippen LogP contribution in [0.15, 0.2) is 36.0 Å². The molecule has 0 fully saturated rings. The highest BCUT2D eigenvalue weighted by molar-refractivity contribution is 5.68. The van der Waals surface area contributed by atoms with Crippen molar-refractivity contribution in [1.29, 1.82) is 0 Å². The van der Waals surface area contributed by atoms with Crippen molar-refractivity contribution in [3.05, 3.63) is 36.2 Å². The number of anilines is 1. The van der Waals surface area contributed by atoms with Gasteiger partial charge in [-0.15, -0.1) is 0 Å². The molecule has 5 nitrogen and oxygen atoms in total. The van der Waals surface area contributed by atoms with Crippen LogP contribution < -0.4 is 9.63 Å². The lowest BCUT2D eigenvalue weighted by Gasteiger charge is -2.16. The van der Waals surface area contributed by atoms with Crippen molar-refractivity contribution in [3.63, 3.8) is 0 Å². The molecule has 0 radical (unpaired) electrons. The molecule has 0 aliphatic carbocycles. The lowest BCUT2D eigenvalue weighted by molar-refractivity contribution is -0.605. The number of hydrogen-bond donors (Lipinski definition) is 0. The maximum Gasteiger partial charge on any atom is 0.223 e. The minimum atomic E-state index is 0.625. The molecule has 1 aromatic rings. The fraction of sp³-hybridized carbons (Fsp3) is 0.125. The number of aromatic nitrogens is 2. The van der Waals surface area contributed by atoms with Gasteiger partial charge in [0, 0.05) is 18.6 Å². The van der Waals surface area contributed by atoms with Gasteiger partial charge in [-0.2, -0.15) is 4.73 Å². The third kappa shape index (κ3) is 1.64. The molecule has 0 aromatic carbocycles. The minimum Gasteiger partial charge on any atom is -0.619 e. The Balaban J connectivity index is 2.25. The van der Waals surface area contributed by atoms with Gasteiger partial charge >= 0.3 is 0 Å². The maximum absolute atomic E-state index is 10.9. The predicted molar refractivity (Wildman–Crippen MR) is 48.2 cm³/mol. The quantitative estimate of drug-likeness (QED) is 0.449. The van der Waals surface area contributed by atoms with Gasteiger partial charge in [0.15, 0.2) is 12.0 Å². The smallest absolute Gasteiger partial charge is 0.223 e. The lowest BCUT2D eigenvalue weighted by atomic mass is 10.5. The highest BCUT2D eigenvalue weighted by Crippen LogP contribution is 2.07. The average molecular weight is 176 g/mol. The third-order valence-corrected chi connectivity index (χ3v) is 1.67. The fourth-order valence-corrected chi connectivity index (χ4v) is 1.06. The Morgan fingerprint density at radius 3 is 3.15 bits per heavy atom. The van der Waals surface area contributed by atoms with Crippen molar-refractivity contribution in [3.8, 4) is 0 Å². The zero-order valence-electron chi connectivity index (χ0n) is 6.87. The zero-order valence-corrected chi connectivity index (χ0v) is 6.87. The SMILES string of the molecule is [O-][n+]1ccnc(N2C=CN=CC2)c1. The van der Waals surface area contributed by atoms with Gasteiger partial charge in [0.2, 0.25) is 6.20 Å². The fourth-order valence-electron chi connectivity index (χ4n) is 1.06. The third-order valence-electron chi connectivity index (χ3n) is 1.67. The molecule has 13 heavy (non-hydrogen) atoms. The van der Waals surface area contributed by atoms with Crippen LogP contribution in [-0.2, 0) is 0 Å². The topological polar surface area (TPSA) is 55.4 Å². The van der Waals surface area contributed by atoms with Crippen LogP contribution in [0.2, 0.25) is 0 Å². The van der Waals surface area contributed by atoms with E-state index >= 15 is 0 Å². The van der Waals surface area contributed by atoms with E-state index in [4.69, 9.17) is 0 Å². The van der Waals surface area contributed by atoms with E-state index in [0.29, 0.717) is 12.4 Å². The van der Waals surface area contributed by atoms with Crippen molar-refractivity contribution in [1.82, 2.24) is 4.98 Å². The largest absolute Gasteiger partial charge is 0.619 e. The number of aliphatic imine (C=N–C) groups is 1. The standard InChI is InChI=1S/C8H8N4O/c13-12-6-3-10-8(7-12)11-4-1-9-2-5-11/h1-4,6-7H,5H2. The van der Waals surface area contributed by atoms with Crippen LogP contribution in [0, 0.1) is 5.21 Å². The molecule has 0 unspecified atom stereocenters. The van der Waals surface area contributed by atoms with Gasteiger partial charge in [-0.1, -0.05) is 0 Å². The van der Waals surface area contributed by atoms with Crippen molar-refractivity contribution < 1.29 is 4.73 Å². The van der Waals surface area contributed by atoms with Crippen molar-refractivity contribution >= 4 is 12.0 Å². The molecule has 0 atom stereocenters. The molecule has 2 rings (SSSR count). The van der Waals surface area contributed by atoms with Crippen LogP contribution in [0.4, 0.5) is 5.82 Å². The van der Waals surface area contributed by atoms with E-state index < -0.39 is 0 Å². The Morgan fingerprint density at radius 1 is 1.54 bits per heavy atom. The van der Waals surface area contributed by atoms with Crippen LogP contribution in [0.25, 0.3) is 0 Å². The second kappa shape index (κ2) is 3.22. The molecule has 0 bridgehead atoms. The molecule has 0 spiro atoms. The summed E-state index contributed by atoms with van der Waals surface area (Å²) in [4.78, 5) is 9.81. The highest BCUT2D eigenvalue weighted by atomic mass is 16.5. The summed E-state index contributed by atoms with van der Waals surface area (Å²) in [5, 5.41) is 10.9. The van der Waals surface area contributed by atoms with E-state index in [-0.39, 0.29) is 0 Å². The second-order valence-corrected chi connectivity index (χ2v) is 2.56. The monoisotopic (exact) mass is 176 g/mol. The molecular weight excluding hydrogens is 168 g/mol. The Kier molecular flexibility index (Phi) is 1.91. The first kappa shape index (κ1) is 7.72. The summed E-state index contributed by atoms with van der Waals surface area (Å²) < 4.78 is 0.724. The van der Waals surface area contributed by atoms with Gasteiger partial charge in [0.25, 0.3) is 0 Å². The average Bonchev–Trinajstić information content (AvgIpc) is 2.19. The summed E-state index contributed by atoms with van der Waals surface area (Å²) in [6.45, 7) is 0.646. The molecule has 66 valence electrons. The van der Waals surface area contributed by atoms with E-state index in [1.165, 1.54) is 18.6 Å². The molecule has 5 heteroatoms. The highest BCUT2D eigenvalue weighted by Gasteiger charge is 2.07. The molecule has 0 saturated heterocycles. The summed E-state index contributed by atoms with van der Waals surface area (Å²) in [6, 6.07) is 0. The Bertz CT molecular complexity index is 361. The van der Waals surface area contributed by atoms with E-state index in [9.17, 15) is 5.21 Å². The molecule has 2 heterocycles. The van der Waals surface area contributed by atoms with E-state index in [2.05, 4.69) is 9.98 Å². The first-order valence-corrected chi connectivity index (χ1v) is 3.86. The molecule has 0 N–H and O–H groups in total. The Hall–Kier alpha value is -1.91. The number of nitrogens with zero attached hydrogens (tertiary/aromatic N) is 4.